The maximum absolute atomic E-state index is 12.0. The molecule has 9 heteroatoms. The van der Waals surface area contributed by atoms with Crippen LogP contribution in [0.4, 0.5) is 13.2 Å². The quantitative estimate of drug-likeness (QED) is 0.900. The summed E-state index contributed by atoms with van der Waals surface area (Å²) in [6.45, 7) is 1.18. The van der Waals surface area contributed by atoms with Crippen LogP contribution < -0.4 is 4.72 Å². The number of hydrogen-bond donors (Lipinski definition) is 1. The predicted octanol–water partition coefficient (Wildman–Crippen LogP) is 3.35. The van der Waals surface area contributed by atoms with E-state index in [-0.39, 0.29) is 4.90 Å². The third-order valence-corrected chi connectivity index (χ3v) is 5.03. The summed E-state index contributed by atoms with van der Waals surface area (Å²) in [4.78, 5) is 4.20. The summed E-state index contributed by atoms with van der Waals surface area (Å²) >= 11 is 1.47. The first-order chi connectivity index (χ1) is 10.2. The van der Waals surface area contributed by atoms with Crippen LogP contribution in [0.1, 0.15) is 11.4 Å². The number of halogens is 3. The molecule has 1 N–H and O–H groups in total. The average Bonchev–Trinajstić information content (AvgIpc) is 2.84. The lowest BCUT2D eigenvalue weighted by Crippen LogP contribution is -2.28. The van der Waals surface area contributed by atoms with E-state index < -0.39 is 29.2 Å². The van der Waals surface area contributed by atoms with E-state index >= 15 is 0 Å². The van der Waals surface area contributed by atoms with Crippen LogP contribution in [0.5, 0.6) is 0 Å². The molecule has 0 radical (unpaired) electrons. The molecule has 0 saturated carbocycles. The molecule has 22 heavy (non-hydrogen) atoms. The van der Waals surface area contributed by atoms with Crippen molar-refractivity contribution in [1.82, 2.24) is 9.71 Å². The van der Waals surface area contributed by atoms with Gasteiger partial charge in [0.25, 0.3) is 0 Å². The molecule has 0 fully saturated rings. The van der Waals surface area contributed by atoms with Crippen molar-refractivity contribution in [3.63, 3.8) is 0 Å². The molecule has 0 unspecified atom stereocenters. The summed E-state index contributed by atoms with van der Waals surface area (Å²) in [6, 6.07) is 5.85. The van der Waals surface area contributed by atoms with E-state index in [1.807, 2.05) is 17.0 Å². The summed E-state index contributed by atoms with van der Waals surface area (Å²) in [7, 11) is -3.94. The Labute approximate surface area is 130 Å². The van der Waals surface area contributed by atoms with Crippen molar-refractivity contribution >= 4 is 21.4 Å². The lowest BCUT2D eigenvalue weighted by atomic mass is 10.2. The van der Waals surface area contributed by atoms with Crippen LogP contribution in [-0.2, 0) is 10.0 Å². The Hall–Kier alpha value is -1.45. The molecule has 2 aromatic rings. The van der Waals surface area contributed by atoms with Crippen LogP contribution in [0, 0.1) is 6.92 Å². The van der Waals surface area contributed by atoms with Crippen LogP contribution in [-0.4, -0.2) is 26.1 Å². The van der Waals surface area contributed by atoms with E-state index in [0.717, 1.165) is 16.3 Å². The second-order valence-electron chi connectivity index (χ2n) is 4.54. The largest absolute Gasteiger partial charge is 0.390 e. The molecular formula is C13H13F3N2O2S2. The average molecular weight is 350 g/mol. The highest BCUT2D eigenvalue weighted by atomic mass is 32.2. The number of nitrogens with one attached hydrogen (secondary N) is 1. The molecule has 0 bridgehead atoms. The maximum Gasteiger partial charge on any atom is 0.390 e. The summed E-state index contributed by atoms with van der Waals surface area (Å²) in [5.41, 5.74) is 1.48. The zero-order valence-electron chi connectivity index (χ0n) is 11.5. The summed E-state index contributed by atoms with van der Waals surface area (Å²) < 4.78 is 61.8. The van der Waals surface area contributed by atoms with Gasteiger partial charge in [-0.25, -0.2) is 18.1 Å². The van der Waals surface area contributed by atoms with Crippen molar-refractivity contribution in [2.24, 2.45) is 0 Å². The highest BCUT2D eigenvalue weighted by Gasteiger charge is 2.27. The minimum absolute atomic E-state index is 0.0784. The normalized spacial score (nSPS) is 12.5. The lowest BCUT2D eigenvalue weighted by molar-refractivity contribution is -0.132. The fourth-order valence-electron chi connectivity index (χ4n) is 1.71. The first-order valence-electron chi connectivity index (χ1n) is 6.26. The Morgan fingerprint density at radius 1 is 1.23 bits per heavy atom. The molecule has 0 aliphatic carbocycles. The van der Waals surface area contributed by atoms with Gasteiger partial charge in [0.15, 0.2) is 0 Å². The van der Waals surface area contributed by atoms with Crippen molar-refractivity contribution in [1.29, 1.82) is 0 Å². The monoisotopic (exact) mass is 350 g/mol. The fourth-order valence-corrected chi connectivity index (χ4v) is 3.37. The van der Waals surface area contributed by atoms with Gasteiger partial charge in [-0.3, -0.25) is 0 Å². The van der Waals surface area contributed by atoms with Crippen molar-refractivity contribution in [2.45, 2.75) is 24.4 Å². The topological polar surface area (TPSA) is 59.1 Å². The van der Waals surface area contributed by atoms with Crippen molar-refractivity contribution in [3.8, 4) is 11.3 Å². The van der Waals surface area contributed by atoms with E-state index in [9.17, 15) is 21.6 Å². The third kappa shape index (κ3) is 4.52. The van der Waals surface area contributed by atoms with Crippen LogP contribution in [0.3, 0.4) is 0 Å². The Kier molecular flexibility index (Phi) is 4.88. The minimum atomic E-state index is -4.39. The number of alkyl halides is 3. The van der Waals surface area contributed by atoms with Crippen LogP contribution in [0.25, 0.3) is 11.3 Å². The maximum atomic E-state index is 12.0. The van der Waals surface area contributed by atoms with Gasteiger partial charge >= 0.3 is 6.18 Å². The van der Waals surface area contributed by atoms with Crippen LogP contribution >= 0.6 is 11.3 Å². The standard InChI is InChI=1S/C13H13F3N2O2S2/c1-9-18-12(8-21-9)10-2-4-11(5-3-10)22(19,20)17-7-6-13(14,15)16/h2-5,8,17H,6-7H2,1H3. The van der Waals surface area contributed by atoms with E-state index in [2.05, 4.69) is 4.98 Å². The molecular weight excluding hydrogens is 337 g/mol. The summed E-state index contributed by atoms with van der Waals surface area (Å²) in [6.07, 6.45) is -5.60. The SMILES string of the molecule is Cc1nc(-c2ccc(S(=O)(=O)NCCC(F)(F)F)cc2)cs1. The second kappa shape index (κ2) is 6.35. The number of rotatable bonds is 5. The molecule has 2 rings (SSSR count). The van der Waals surface area contributed by atoms with E-state index in [1.165, 1.54) is 23.5 Å². The smallest absolute Gasteiger partial charge is 0.242 e. The Morgan fingerprint density at radius 2 is 1.86 bits per heavy atom. The van der Waals surface area contributed by atoms with Crippen LogP contribution in [0.2, 0.25) is 0 Å². The van der Waals surface area contributed by atoms with Gasteiger partial charge in [0.2, 0.25) is 10.0 Å². The van der Waals surface area contributed by atoms with Gasteiger partial charge in [-0.1, -0.05) is 12.1 Å². The van der Waals surface area contributed by atoms with Gasteiger partial charge in [0, 0.05) is 17.5 Å². The van der Waals surface area contributed by atoms with Crippen molar-refractivity contribution in [3.05, 3.63) is 34.7 Å². The molecule has 0 spiro atoms. The number of sulfonamides is 1. The molecule has 0 aliphatic rings. The highest BCUT2D eigenvalue weighted by molar-refractivity contribution is 7.89. The number of aryl methyl sites for hydroxylation is 1. The first kappa shape index (κ1) is 16.9. The van der Waals surface area contributed by atoms with Crippen molar-refractivity contribution in [2.75, 3.05) is 6.54 Å². The molecule has 0 aliphatic heterocycles. The molecule has 1 aromatic carbocycles. The lowest BCUT2D eigenvalue weighted by Gasteiger charge is -2.09. The Balaban J connectivity index is 2.09. The predicted molar refractivity (Wildman–Crippen MR) is 78.1 cm³/mol. The zero-order chi connectivity index (χ0) is 16.4. The summed E-state index contributed by atoms with van der Waals surface area (Å²) in [5.74, 6) is 0. The number of hydrogen-bond acceptors (Lipinski definition) is 4. The molecule has 0 amide bonds. The van der Waals surface area contributed by atoms with E-state index in [1.54, 1.807) is 12.1 Å². The summed E-state index contributed by atoms with van der Waals surface area (Å²) in [5, 5.41) is 2.74. The minimum Gasteiger partial charge on any atom is -0.242 e. The van der Waals surface area contributed by atoms with Crippen molar-refractivity contribution < 1.29 is 21.6 Å². The van der Waals surface area contributed by atoms with Gasteiger partial charge in [-0.2, -0.15) is 13.2 Å². The molecule has 0 saturated heterocycles. The van der Waals surface area contributed by atoms with Gasteiger partial charge < -0.3 is 0 Å². The van der Waals surface area contributed by atoms with Gasteiger partial charge in [-0.05, 0) is 19.1 Å². The first-order valence-corrected chi connectivity index (χ1v) is 8.63. The molecule has 0 atom stereocenters. The molecule has 1 heterocycles. The Bertz CT molecular complexity index is 737. The number of nitrogens with zero attached hydrogens (tertiary/aromatic N) is 1. The van der Waals surface area contributed by atoms with Crippen LogP contribution in [0.15, 0.2) is 34.5 Å². The van der Waals surface area contributed by atoms with E-state index in [4.69, 9.17) is 0 Å². The molecule has 1 aromatic heterocycles. The Morgan fingerprint density at radius 3 is 2.36 bits per heavy atom. The highest BCUT2D eigenvalue weighted by Crippen LogP contribution is 2.23. The number of thiazole rings is 1. The van der Waals surface area contributed by atoms with Gasteiger partial charge in [0.1, 0.15) is 0 Å². The fraction of sp³-hybridized carbons (Fsp3) is 0.308. The van der Waals surface area contributed by atoms with Gasteiger partial charge in [-0.15, -0.1) is 11.3 Å². The molecule has 120 valence electrons. The number of benzene rings is 1. The van der Waals surface area contributed by atoms with Gasteiger partial charge in [0.05, 0.1) is 22.0 Å². The molecule has 4 nitrogen and oxygen atoms in total. The third-order valence-electron chi connectivity index (χ3n) is 2.78. The van der Waals surface area contributed by atoms with E-state index in [0.29, 0.717) is 0 Å². The number of aromatic nitrogens is 1. The second-order valence-corrected chi connectivity index (χ2v) is 7.37. The zero-order valence-corrected chi connectivity index (χ0v) is 13.1.